The smallest absolute Gasteiger partial charge is 0.293 e. The highest BCUT2D eigenvalue weighted by Gasteiger charge is 2.34. The Morgan fingerprint density at radius 3 is 2.26 bits per heavy atom. The normalized spacial score (nSPS) is 15.3. The van der Waals surface area contributed by atoms with Gasteiger partial charge in [-0.2, -0.15) is 0 Å². The third-order valence-electron chi connectivity index (χ3n) is 5.46. The fraction of sp³-hybridized carbons (Fsp3) is 0.600. The van der Waals surface area contributed by atoms with E-state index in [1.54, 1.807) is 0 Å². The molecule has 2 rings (SSSR count). The van der Waals surface area contributed by atoms with Crippen LogP contribution < -0.4 is 10.5 Å². The van der Waals surface area contributed by atoms with Crippen LogP contribution in [0.25, 0.3) is 0 Å². The molecule has 0 aliphatic carbocycles. The van der Waals surface area contributed by atoms with Crippen LogP contribution in [0.1, 0.15) is 76.7 Å². The molecule has 31 heavy (non-hydrogen) atoms. The third kappa shape index (κ3) is 9.48. The van der Waals surface area contributed by atoms with E-state index in [1.807, 2.05) is 18.2 Å². The Balaban J connectivity index is 1.59. The van der Waals surface area contributed by atoms with Gasteiger partial charge in [-0.05, 0) is 48.7 Å². The molecule has 0 unspecified atom stereocenters. The molecule has 1 saturated heterocycles. The summed E-state index contributed by atoms with van der Waals surface area (Å²) in [6, 6.07) is 8.19. The monoisotopic (exact) mass is 447 g/mol. The number of ether oxygens (including phenoxy) is 1. The van der Waals surface area contributed by atoms with Crippen LogP contribution in [-0.4, -0.2) is 35.7 Å². The van der Waals surface area contributed by atoms with E-state index in [9.17, 15) is 9.59 Å². The van der Waals surface area contributed by atoms with Crippen molar-refractivity contribution in [2.75, 3.05) is 19.7 Å². The van der Waals surface area contributed by atoms with E-state index < -0.39 is 0 Å². The summed E-state index contributed by atoms with van der Waals surface area (Å²) in [5.74, 6) is 0.733. The van der Waals surface area contributed by atoms with Crippen LogP contribution in [0.15, 0.2) is 35.2 Å². The van der Waals surface area contributed by atoms with Crippen molar-refractivity contribution in [2.45, 2.75) is 77.6 Å². The number of amides is 2. The summed E-state index contributed by atoms with van der Waals surface area (Å²) in [5, 5.41) is -0.187. The number of hydrogen-bond donors (Lipinski definition) is 1. The van der Waals surface area contributed by atoms with E-state index in [1.165, 1.54) is 61.8 Å². The van der Waals surface area contributed by atoms with E-state index in [2.05, 4.69) is 24.8 Å². The first kappa shape index (κ1) is 25.5. The topological polar surface area (TPSA) is 74.2 Å². The zero-order valence-electron chi connectivity index (χ0n) is 19.1. The number of aryl methyl sites for hydroxylation is 1. The molecule has 0 radical (unpaired) electrons. The lowest BCUT2D eigenvalue weighted by Crippen LogP contribution is -2.55. The minimum absolute atomic E-state index is 0.182. The molecule has 0 atom stereocenters. The molecule has 1 aliphatic rings. The Morgan fingerprint density at radius 1 is 0.968 bits per heavy atom. The zero-order chi connectivity index (χ0) is 22.3. The van der Waals surface area contributed by atoms with Gasteiger partial charge in [0.2, 0.25) is 0 Å². The van der Waals surface area contributed by atoms with Gasteiger partial charge in [0, 0.05) is 0 Å². The van der Waals surface area contributed by atoms with Crippen molar-refractivity contribution in [3.63, 3.8) is 0 Å². The van der Waals surface area contributed by atoms with Crippen molar-refractivity contribution in [3.8, 4) is 5.75 Å². The molecule has 3 N–H and O–H groups in total. The Morgan fingerprint density at radius 2 is 1.61 bits per heavy atom. The quantitative estimate of drug-likeness (QED) is 0.274. The molecule has 5 nitrogen and oxygen atoms in total. The molecular formula is C25H39N2O3S+. The molecule has 1 fully saturated rings. The number of rotatable bonds is 16. The predicted octanol–water partition coefficient (Wildman–Crippen LogP) is 5.35. The van der Waals surface area contributed by atoms with Gasteiger partial charge in [0.1, 0.15) is 5.75 Å². The van der Waals surface area contributed by atoms with E-state index in [0.29, 0.717) is 18.0 Å². The van der Waals surface area contributed by atoms with E-state index in [-0.39, 0.29) is 11.1 Å². The van der Waals surface area contributed by atoms with Gasteiger partial charge in [0.25, 0.3) is 11.1 Å². The fourth-order valence-electron chi connectivity index (χ4n) is 3.61. The summed E-state index contributed by atoms with van der Waals surface area (Å²) in [5.41, 5.74) is 4.91. The summed E-state index contributed by atoms with van der Waals surface area (Å²) >= 11 is 1.03. The van der Waals surface area contributed by atoms with Crippen molar-refractivity contribution >= 4 is 22.9 Å². The summed E-state index contributed by atoms with van der Waals surface area (Å²) in [6.07, 6.45) is 15.3. The van der Waals surface area contributed by atoms with Gasteiger partial charge in [-0.3, -0.25) is 14.5 Å². The molecule has 6 heteroatoms. The Bertz CT molecular complexity index is 703. The SMILES string of the molecule is CCCCCCCCCCCOc1ccc(CC/C=C2\SC(=O)N(CC[NH3+])C2=O)cc1. The number of benzene rings is 1. The number of thioether (sulfide) groups is 1. The molecule has 0 aromatic heterocycles. The number of unbranched alkanes of at least 4 members (excludes halogenated alkanes) is 8. The highest BCUT2D eigenvalue weighted by molar-refractivity contribution is 8.18. The first-order valence-corrected chi connectivity index (χ1v) is 12.7. The average Bonchev–Trinajstić information content (AvgIpc) is 3.04. The fourth-order valence-corrected chi connectivity index (χ4v) is 4.48. The zero-order valence-corrected chi connectivity index (χ0v) is 19.9. The van der Waals surface area contributed by atoms with Crippen LogP contribution in [0.5, 0.6) is 5.75 Å². The van der Waals surface area contributed by atoms with Gasteiger partial charge < -0.3 is 10.5 Å². The number of carbonyl (C=O) groups is 2. The van der Waals surface area contributed by atoms with Crippen molar-refractivity contribution in [1.29, 1.82) is 0 Å². The van der Waals surface area contributed by atoms with Gasteiger partial charge in [-0.1, -0.05) is 76.5 Å². The van der Waals surface area contributed by atoms with E-state index in [0.717, 1.165) is 43.4 Å². The molecule has 172 valence electrons. The molecule has 0 spiro atoms. The predicted molar refractivity (Wildman–Crippen MR) is 128 cm³/mol. The first-order valence-electron chi connectivity index (χ1n) is 11.9. The minimum Gasteiger partial charge on any atom is -0.494 e. The van der Waals surface area contributed by atoms with Crippen molar-refractivity contribution < 1.29 is 20.1 Å². The molecule has 1 aliphatic heterocycles. The number of nitrogens with zero attached hydrogens (tertiary/aromatic N) is 1. The van der Waals surface area contributed by atoms with E-state index >= 15 is 0 Å². The molecule has 0 bridgehead atoms. The second-order valence-corrected chi connectivity index (χ2v) is 9.10. The number of carbonyl (C=O) groups excluding carboxylic acids is 2. The summed E-state index contributed by atoms with van der Waals surface area (Å²) < 4.78 is 5.86. The minimum atomic E-state index is -0.187. The Hall–Kier alpha value is -1.79. The van der Waals surface area contributed by atoms with Crippen molar-refractivity contribution in [2.24, 2.45) is 0 Å². The average molecular weight is 448 g/mol. The van der Waals surface area contributed by atoms with Gasteiger partial charge in [0.05, 0.1) is 24.6 Å². The summed E-state index contributed by atoms with van der Waals surface area (Å²) in [4.78, 5) is 25.9. The van der Waals surface area contributed by atoms with Gasteiger partial charge >= 0.3 is 0 Å². The van der Waals surface area contributed by atoms with Crippen LogP contribution in [0.3, 0.4) is 0 Å². The number of hydrogen-bond acceptors (Lipinski definition) is 4. The van der Waals surface area contributed by atoms with Crippen molar-refractivity contribution in [1.82, 2.24) is 4.90 Å². The molecule has 1 aromatic rings. The maximum absolute atomic E-state index is 12.2. The van der Waals surface area contributed by atoms with Crippen molar-refractivity contribution in [3.05, 3.63) is 40.8 Å². The maximum atomic E-state index is 12.2. The second kappa shape index (κ2) is 15.1. The standard InChI is InChI=1S/C25H38N2O3S/c1-2-3-4-5-6-7-8-9-10-20-30-22-16-14-21(15-17-22)12-11-13-23-24(28)27(19-18-26)25(29)31-23/h13-17H,2-12,18-20,26H2,1H3/p+1/b23-13-. The summed E-state index contributed by atoms with van der Waals surface area (Å²) in [7, 11) is 0. The maximum Gasteiger partial charge on any atom is 0.293 e. The number of quaternary nitrogens is 1. The largest absolute Gasteiger partial charge is 0.494 e. The Kier molecular flexibility index (Phi) is 12.4. The van der Waals surface area contributed by atoms with Gasteiger partial charge in [-0.15, -0.1) is 0 Å². The van der Waals surface area contributed by atoms with Crippen LogP contribution in [0.2, 0.25) is 0 Å². The molecular weight excluding hydrogens is 408 g/mol. The van der Waals surface area contributed by atoms with Crippen LogP contribution in [-0.2, 0) is 11.2 Å². The molecule has 0 saturated carbocycles. The highest BCUT2D eigenvalue weighted by atomic mass is 32.2. The van der Waals surface area contributed by atoms with Crippen LogP contribution in [0, 0.1) is 0 Å². The van der Waals surface area contributed by atoms with Gasteiger partial charge in [-0.25, -0.2) is 0 Å². The number of imide groups is 1. The first-order chi connectivity index (χ1) is 15.2. The lowest BCUT2D eigenvalue weighted by atomic mass is 10.1. The van der Waals surface area contributed by atoms with E-state index in [4.69, 9.17) is 4.74 Å². The second-order valence-electron chi connectivity index (χ2n) is 8.11. The summed E-state index contributed by atoms with van der Waals surface area (Å²) in [6.45, 7) is 3.97. The highest BCUT2D eigenvalue weighted by Crippen LogP contribution is 2.30. The van der Waals surface area contributed by atoms with Crippen LogP contribution >= 0.6 is 11.8 Å². The van der Waals surface area contributed by atoms with Crippen LogP contribution in [0.4, 0.5) is 4.79 Å². The van der Waals surface area contributed by atoms with Gasteiger partial charge in [0.15, 0.2) is 0 Å². The molecule has 2 amide bonds. The molecule has 1 aromatic carbocycles. The Labute approximate surface area is 191 Å². The third-order valence-corrected chi connectivity index (χ3v) is 6.41. The lowest BCUT2D eigenvalue weighted by molar-refractivity contribution is -0.367. The molecule has 1 heterocycles. The number of allylic oxidation sites excluding steroid dienone is 1. The lowest BCUT2D eigenvalue weighted by Gasteiger charge is -2.08.